The molecule has 0 heterocycles. The van der Waals surface area contributed by atoms with Crippen molar-refractivity contribution < 1.29 is 9.59 Å². The largest absolute Gasteiger partial charge is 0.352 e. The zero-order valence-electron chi connectivity index (χ0n) is 12.2. The molecule has 0 aromatic heterocycles. The smallest absolute Gasteiger partial charge is 0.312 e. The second-order valence-corrected chi connectivity index (χ2v) is 5.77. The van der Waals surface area contributed by atoms with Gasteiger partial charge in [0.15, 0.2) is 0 Å². The third kappa shape index (κ3) is 7.13. The van der Waals surface area contributed by atoms with E-state index in [1.807, 2.05) is 31.2 Å². The summed E-state index contributed by atoms with van der Waals surface area (Å²) in [5, 5.41) is 5.51. The monoisotopic (exact) mass is 355 g/mol. The Morgan fingerprint density at radius 1 is 1.24 bits per heavy atom. The predicted octanol–water partition coefficient (Wildman–Crippen LogP) is 2.86. The van der Waals surface area contributed by atoms with E-state index in [0.717, 1.165) is 29.3 Å². The van der Waals surface area contributed by atoms with Crippen LogP contribution in [-0.4, -0.2) is 18.5 Å². The van der Waals surface area contributed by atoms with E-state index in [1.54, 1.807) is 0 Å². The van der Waals surface area contributed by atoms with E-state index >= 15 is 0 Å². The lowest BCUT2D eigenvalue weighted by molar-refractivity contribution is -0.121. The SMILES string of the molecule is C[C@H](NC(=O)CCCCCNC(N)=O)c1ccccc1Br. The van der Waals surface area contributed by atoms with Gasteiger partial charge in [0, 0.05) is 17.4 Å². The van der Waals surface area contributed by atoms with E-state index in [-0.39, 0.29) is 11.9 Å². The van der Waals surface area contributed by atoms with Crippen LogP contribution in [0.15, 0.2) is 28.7 Å². The number of urea groups is 1. The van der Waals surface area contributed by atoms with Crippen molar-refractivity contribution in [3.63, 3.8) is 0 Å². The molecule has 0 aliphatic carbocycles. The minimum Gasteiger partial charge on any atom is -0.352 e. The van der Waals surface area contributed by atoms with Gasteiger partial charge in [0.05, 0.1) is 6.04 Å². The summed E-state index contributed by atoms with van der Waals surface area (Å²) in [6, 6.07) is 7.32. The molecular weight excluding hydrogens is 334 g/mol. The molecule has 116 valence electrons. The maximum atomic E-state index is 11.9. The minimum atomic E-state index is -0.505. The maximum Gasteiger partial charge on any atom is 0.312 e. The van der Waals surface area contributed by atoms with E-state index in [2.05, 4.69) is 26.6 Å². The van der Waals surface area contributed by atoms with Crippen LogP contribution in [0.2, 0.25) is 0 Å². The summed E-state index contributed by atoms with van der Waals surface area (Å²) in [4.78, 5) is 22.3. The van der Waals surface area contributed by atoms with Gasteiger partial charge in [0.25, 0.3) is 0 Å². The van der Waals surface area contributed by atoms with Gasteiger partial charge in [-0.05, 0) is 31.4 Å². The van der Waals surface area contributed by atoms with Crippen molar-refractivity contribution in [2.45, 2.75) is 38.6 Å². The van der Waals surface area contributed by atoms with Crippen molar-refractivity contribution >= 4 is 27.9 Å². The number of rotatable bonds is 8. The molecule has 5 nitrogen and oxygen atoms in total. The first-order chi connectivity index (χ1) is 10.0. The number of carbonyl (C=O) groups excluding carboxylic acids is 2. The molecule has 0 fully saturated rings. The Hall–Kier alpha value is -1.56. The number of halogens is 1. The molecule has 1 aromatic carbocycles. The van der Waals surface area contributed by atoms with Gasteiger partial charge >= 0.3 is 6.03 Å². The Labute approximate surface area is 133 Å². The van der Waals surface area contributed by atoms with Crippen LogP contribution in [-0.2, 0) is 4.79 Å². The summed E-state index contributed by atoms with van der Waals surface area (Å²) < 4.78 is 0.996. The first-order valence-electron chi connectivity index (χ1n) is 7.08. The van der Waals surface area contributed by atoms with Gasteiger partial charge in [-0.3, -0.25) is 4.79 Å². The molecule has 0 saturated heterocycles. The minimum absolute atomic E-state index is 0.0235. The van der Waals surface area contributed by atoms with Crippen LogP contribution in [0.4, 0.5) is 4.79 Å². The number of hydrogen-bond donors (Lipinski definition) is 3. The molecule has 4 N–H and O–H groups in total. The average molecular weight is 356 g/mol. The topological polar surface area (TPSA) is 84.2 Å². The van der Waals surface area contributed by atoms with E-state index in [1.165, 1.54) is 0 Å². The molecule has 1 aromatic rings. The van der Waals surface area contributed by atoms with Crippen molar-refractivity contribution in [3.05, 3.63) is 34.3 Å². The van der Waals surface area contributed by atoms with E-state index in [0.29, 0.717) is 13.0 Å². The predicted molar refractivity (Wildman–Crippen MR) is 86.8 cm³/mol. The van der Waals surface area contributed by atoms with Crippen molar-refractivity contribution in [3.8, 4) is 0 Å². The molecule has 6 heteroatoms. The van der Waals surface area contributed by atoms with E-state index in [9.17, 15) is 9.59 Å². The van der Waals surface area contributed by atoms with Gasteiger partial charge in [-0.1, -0.05) is 40.5 Å². The first kappa shape index (κ1) is 17.5. The molecule has 1 rings (SSSR count). The summed E-state index contributed by atoms with van der Waals surface area (Å²) in [6.45, 7) is 2.53. The number of nitrogens with two attached hydrogens (primary N) is 1. The number of primary amides is 1. The highest BCUT2D eigenvalue weighted by molar-refractivity contribution is 9.10. The highest BCUT2D eigenvalue weighted by Crippen LogP contribution is 2.22. The second kappa shape index (κ2) is 9.39. The third-order valence-electron chi connectivity index (χ3n) is 3.13. The van der Waals surface area contributed by atoms with Crippen molar-refractivity contribution in [2.24, 2.45) is 5.73 Å². The van der Waals surface area contributed by atoms with Crippen LogP contribution >= 0.6 is 15.9 Å². The van der Waals surface area contributed by atoms with Crippen LogP contribution in [0.5, 0.6) is 0 Å². The zero-order valence-corrected chi connectivity index (χ0v) is 13.8. The number of hydrogen-bond acceptors (Lipinski definition) is 2. The van der Waals surface area contributed by atoms with Crippen LogP contribution in [0.1, 0.15) is 44.2 Å². The number of nitrogens with one attached hydrogen (secondary N) is 2. The molecular formula is C15H22BrN3O2. The molecule has 0 spiro atoms. The summed E-state index contributed by atoms with van der Waals surface area (Å²) in [7, 11) is 0. The standard InChI is InChI=1S/C15H22BrN3O2/c1-11(12-7-4-5-8-13(12)16)19-14(20)9-3-2-6-10-18-15(17)21/h4-5,7-8,11H,2-3,6,9-10H2,1H3,(H,19,20)(H3,17,18,21)/t11-/m0/s1. The Kier molecular flexibility index (Phi) is 7.82. The molecule has 0 unspecified atom stereocenters. The van der Waals surface area contributed by atoms with Crippen LogP contribution < -0.4 is 16.4 Å². The number of carbonyl (C=O) groups is 2. The second-order valence-electron chi connectivity index (χ2n) is 4.91. The Balaban J connectivity index is 2.22. The summed E-state index contributed by atoms with van der Waals surface area (Å²) in [5.74, 6) is 0.0427. The highest BCUT2D eigenvalue weighted by atomic mass is 79.9. The highest BCUT2D eigenvalue weighted by Gasteiger charge is 2.11. The maximum absolute atomic E-state index is 11.9. The zero-order chi connectivity index (χ0) is 15.7. The fourth-order valence-corrected chi connectivity index (χ4v) is 2.64. The van der Waals surface area contributed by atoms with Gasteiger partial charge in [-0.15, -0.1) is 0 Å². The molecule has 0 bridgehead atoms. The first-order valence-corrected chi connectivity index (χ1v) is 7.87. The van der Waals surface area contributed by atoms with Crippen molar-refractivity contribution in [2.75, 3.05) is 6.54 Å². The van der Waals surface area contributed by atoms with Gasteiger partial charge in [0.2, 0.25) is 5.91 Å². The summed E-state index contributed by atoms with van der Waals surface area (Å²) in [5.41, 5.74) is 6.03. The summed E-state index contributed by atoms with van der Waals surface area (Å²) >= 11 is 3.48. The average Bonchev–Trinajstić information content (AvgIpc) is 2.42. The number of unbranched alkanes of at least 4 members (excludes halogenated alkanes) is 2. The lowest BCUT2D eigenvalue weighted by Crippen LogP contribution is -2.30. The van der Waals surface area contributed by atoms with Gasteiger partial charge in [-0.25, -0.2) is 4.79 Å². The lowest BCUT2D eigenvalue weighted by Gasteiger charge is -2.15. The lowest BCUT2D eigenvalue weighted by atomic mass is 10.1. The molecule has 3 amide bonds. The van der Waals surface area contributed by atoms with Gasteiger partial charge in [-0.2, -0.15) is 0 Å². The molecule has 0 saturated carbocycles. The van der Waals surface area contributed by atoms with Crippen LogP contribution in [0.3, 0.4) is 0 Å². The molecule has 1 atom stereocenters. The fourth-order valence-electron chi connectivity index (χ4n) is 2.02. The van der Waals surface area contributed by atoms with Crippen molar-refractivity contribution in [1.29, 1.82) is 0 Å². The van der Waals surface area contributed by atoms with Crippen molar-refractivity contribution in [1.82, 2.24) is 10.6 Å². The van der Waals surface area contributed by atoms with Crippen LogP contribution in [0.25, 0.3) is 0 Å². The van der Waals surface area contributed by atoms with E-state index in [4.69, 9.17) is 5.73 Å². The summed E-state index contributed by atoms with van der Waals surface area (Å²) in [6.07, 6.45) is 3.01. The third-order valence-corrected chi connectivity index (χ3v) is 3.85. The van der Waals surface area contributed by atoms with E-state index < -0.39 is 6.03 Å². The molecule has 0 radical (unpaired) electrons. The Morgan fingerprint density at radius 3 is 2.62 bits per heavy atom. The quantitative estimate of drug-likeness (QED) is 0.626. The van der Waals surface area contributed by atoms with Gasteiger partial charge < -0.3 is 16.4 Å². The fraction of sp³-hybridized carbons (Fsp3) is 0.467. The molecule has 21 heavy (non-hydrogen) atoms. The Bertz CT molecular complexity index is 480. The number of amides is 3. The normalized spacial score (nSPS) is 11.7. The van der Waals surface area contributed by atoms with Crippen LogP contribution in [0, 0.1) is 0 Å². The Morgan fingerprint density at radius 2 is 1.95 bits per heavy atom. The molecule has 0 aliphatic heterocycles. The molecule has 0 aliphatic rings. The van der Waals surface area contributed by atoms with Gasteiger partial charge in [0.1, 0.15) is 0 Å². The number of benzene rings is 1.